The predicted molar refractivity (Wildman–Crippen MR) is 44.4 cm³/mol. The van der Waals surface area contributed by atoms with E-state index in [0.717, 1.165) is 11.8 Å². The van der Waals surface area contributed by atoms with Crippen LogP contribution in [0.3, 0.4) is 0 Å². The first-order valence-corrected chi connectivity index (χ1v) is 3.34. The molecule has 0 atom stereocenters. The number of aldehydes is 1. The lowest BCUT2D eigenvalue weighted by Gasteiger charge is -1.94. The molecule has 0 fully saturated rings. The molecule has 0 aliphatic heterocycles. The van der Waals surface area contributed by atoms with Crippen molar-refractivity contribution in [2.45, 2.75) is 6.42 Å². The van der Waals surface area contributed by atoms with E-state index in [1.165, 1.54) is 0 Å². The summed E-state index contributed by atoms with van der Waals surface area (Å²) in [6.45, 7) is 0. The Morgan fingerprint density at radius 1 is 1.55 bits per heavy atom. The van der Waals surface area contributed by atoms with Gasteiger partial charge in [-0.15, -0.1) is 12.3 Å². The van der Waals surface area contributed by atoms with E-state index in [1.54, 1.807) is 12.1 Å². The van der Waals surface area contributed by atoms with Crippen LogP contribution < -0.4 is 0 Å². The van der Waals surface area contributed by atoms with Crippen LogP contribution in [-0.2, 0) is 6.42 Å². The Labute approximate surface area is 66.1 Å². The van der Waals surface area contributed by atoms with Crippen LogP contribution >= 0.6 is 0 Å². The van der Waals surface area contributed by atoms with Crippen LogP contribution in [0.1, 0.15) is 15.9 Å². The van der Waals surface area contributed by atoms with Gasteiger partial charge in [0.1, 0.15) is 6.29 Å². The highest BCUT2D eigenvalue weighted by Crippen LogP contribution is 2.02. The Hall–Kier alpha value is -1.55. The second-order valence-corrected chi connectivity index (χ2v) is 2.24. The van der Waals surface area contributed by atoms with Crippen molar-refractivity contribution in [2.24, 2.45) is 0 Å². The van der Waals surface area contributed by atoms with E-state index in [-0.39, 0.29) is 0 Å². The maximum atomic E-state index is 10.3. The van der Waals surface area contributed by atoms with Gasteiger partial charge in [-0.1, -0.05) is 18.2 Å². The van der Waals surface area contributed by atoms with Crippen molar-refractivity contribution in [2.75, 3.05) is 0 Å². The van der Waals surface area contributed by atoms with Crippen LogP contribution in [0.4, 0.5) is 0 Å². The molecule has 1 aromatic rings. The van der Waals surface area contributed by atoms with Crippen LogP contribution in [0.2, 0.25) is 0 Å². The van der Waals surface area contributed by atoms with Crippen molar-refractivity contribution in [1.29, 1.82) is 0 Å². The summed E-state index contributed by atoms with van der Waals surface area (Å²) in [5, 5.41) is 0. The van der Waals surface area contributed by atoms with E-state index in [2.05, 4.69) is 5.92 Å². The number of benzene rings is 1. The molecule has 0 amide bonds. The van der Waals surface area contributed by atoms with Crippen LogP contribution in [-0.4, -0.2) is 6.29 Å². The highest BCUT2D eigenvalue weighted by Gasteiger charge is 1.91. The summed E-state index contributed by atoms with van der Waals surface area (Å²) in [6.07, 6.45) is 6.52. The zero-order valence-electron chi connectivity index (χ0n) is 6.08. The summed E-state index contributed by atoms with van der Waals surface area (Å²) in [4.78, 5) is 10.3. The van der Waals surface area contributed by atoms with E-state index in [4.69, 9.17) is 6.42 Å². The second kappa shape index (κ2) is 3.58. The van der Waals surface area contributed by atoms with Gasteiger partial charge < -0.3 is 0 Å². The average Bonchev–Trinajstić information content (AvgIpc) is 2.06. The molecule has 0 spiro atoms. The highest BCUT2D eigenvalue weighted by atomic mass is 16.1. The summed E-state index contributed by atoms with van der Waals surface area (Å²) in [5.41, 5.74) is 1.69. The number of rotatable bonds is 2. The Morgan fingerprint density at radius 3 is 3.00 bits per heavy atom. The fourth-order valence-corrected chi connectivity index (χ4v) is 0.894. The average molecular weight is 144 g/mol. The van der Waals surface area contributed by atoms with Gasteiger partial charge in [-0.2, -0.15) is 0 Å². The van der Waals surface area contributed by atoms with Crippen LogP contribution in [0.15, 0.2) is 24.3 Å². The molecule has 11 heavy (non-hydrogen) atoms. The smallest absolute Gasteiger partial charge is 0.150 e. The molecule has 0 bridgehead atoms. The van der Waals surface area contributed by atoms with Crippen molar-refractivity contribution >= 4 is 6.29 Å². The first-order chi connectivity index (χ1) is 5.36. The summed E-state index contributed by atoms with van der Waals surface area (Å²) in [5.74, 6) is 2.52. The van der Waals surface area contributed by atoms with Crippen molar-refractivity contribution in [3.8, 4) is 12.3 Å². The standard InChI is InChI=1S/C10H8O/c1-2-4-9-5-3-6-10(7-9)8-11/h1,3,5-8H,4H2. The number of carbonyl (C=O) groups excluding carboxylic acids is 1. The van der Waals surface area contributed by atoms with Crippen molar-refractivity contribution < 1.29 is 4.79 Å². The molecule has 0 saturated heterocycles. The lowest BCUT2D eigenvalue weighted by Crippen LogP contribution is -1.84. The molecule has 0 heterocycles. The normalized spacial score (nSPS) is 8.64. The quantitative estimate of drug-likeness (QED) is 0.456. The second-order valence-electron chi connectivity index (χ2n) is 2.24. The van der Waals surface area contributed by atoms with Gasteiger partial charge in [0.2, 0.25) is 0 Å². The molecule has 0 aliphatic rings. The van der Waals surface area contributed by atoms with E-state index < -0.39 is 0 Å². The number of hydrogen-bond donors (Lipinski definition) is 0. The third-order valence-corrected chi connectivity index (χ3v) is 1.39. The van der Waals surface area contributed by atoms with Gasteiger partial charge in [0.15, 0.2) is 0 Å². The monoisotopic (exact) mass is 144 g/mol. The Bertz CT molecular complexity index is 294. The summed E-state index contributed by atoms with van der Waals surface area (Å²) < 4.78 is 0. The maximum absolute atomic E-state index is 10.3. The third-order valence-electron chi connectivity index (χ3n) is 1.39. The van der Waals surface area contributed by atoms with Gasteiger partial charge in [-0.3, -0.25) is 4.79 Å². The molecule has 1 heteroatoms. The Balaban J connectivity index is 2.93. The Kier molecular flexibility index (Phi) is 2.46. The van der Waals surface area contributed by atoms with E-state index in [1.807, 2.05) is 12.1 Å². The summed E-state index contributed by atoms with van der Waals surface area (Å²) in [6, 6.07) is 7.29. The minimum absolute atomic E-state index is 0.585. The third kappa shape index (κ3) is 1.94. The molecule has 0 radical (unpaired) electrons. The number of terminal acetylenes is 1. The first kappa shape index (κ1) is 7.56. The largest absolute Gasteiger partial charge is 0.298 e. The van der Waals surface area contributed by atoms with Gasteiger partial charge >= 0.3 is 0 Å². The zero-order valence-corrected chi connectivity index (χ0v) is 6.08. The van der Waals surface area contributed by atoms with E-state index in [0.29, 0.717) is 12.0 Å². The molecule has 0 aromatic heterocycles. The molecule has 0 aliphatic carbocycles. The predicted octanol–water partition coefficient (Wildman–Crippen LogP) is 1.67. The minimum atomic E-state index is 0.585. The molecule has 54 valence electrons. The fourth-order valence-electron chi connectivity index (χ4n) is 0.894. The maximum Gasteiger partial charge on any atom is 0.150 e. The van der Waals surface area contributed by atoms with Crippen LogP contribution in [0, 0.1) is 12.3 Å². The molecule has 0 N–H and O–H groups in total. The molecule has 0 unspecified atom stereocenters. The van der Waals surface area contributed by atoms with Gasteiger partial charge in [-0.25, -0.2) is 0 Å². The van der Waals surface area contributed by atoms with Crippen molar-refractivity contribution in [3.63, 3.8) is 0 Å². The van der Waals surface area contributed by atoms with Gasteiger partial charge in [0, 0.05) is 12.0 Å². The van der Waals surface area contributed by atoms with E-state index in [9.17, 15) is 4.79 Å². The molecular formula is C10H8O. The molecule has 1 aromatic carbocycles. The van der Waals surface area contributed by atoms with Gasteiger partial charge in [0.05, 0.1) is 0 Å². The molecule has 1 nitrogen and oxygen atoms in total. The molecule has 0 saturated carbocycles. The summed E-state index contributed by atoms with van der Waals surface area (Å²) >= 11 is 0. The minimum Gasteiger partial charge on any atom is -0.298 e. The van der Waals surface area contributed by atoms with Gasteiger partial charge in [-0.05, 0) is 11.6 Å². The van der Waals surface area contributed by atoms with Crippen molar-refractivity contribution in [1.82, 2.24) is 0 Å². The first-order valence-electron chi connectivity index (χ1n) is 3.34. The summed E-state index contributed by atoms with van der Waals surface area (Å²) in [7, 11) is 0. The van der Waals surface area contributed by atoms with Crippen molar-refractivity contribution in [3.05, 3.63) is 35.4 Å². The number of carbonyl (C=O) groups is 1. The van der Waals surface area contributed by atoms with E-state index >= 15 is 0 Å². The SMILES string of the molecule is C#CCc1cccc(C=O)c1. The van der Waals surface area contributed by atoms with Crippen LogP contribution in [0.25, 0.3) is 0 Å². The topological polar surface area (TPSA) is 17.1 Å². The van der Waals surface area contributed by atoms with Gasteiger partial charge in [0.25, 0.3) is 0 Å². The Morgan fingerprint density at radius 2 is 2.36 bits per heavy atom. The lowest BCUT2D eigenvalue weighted by atomic mass is 10.1. The fraction of sp³-hybridized carbons (Fsp3) is 0.100. The molecule has 1 rings (SSSR count). The number of hydrogen-bond acceptors (Lipinski definition) is 1. The lowest BCUT2D eigenvalue weighted by molar-refractivity contribution is 0.112. The highest BCUT2D eigenvalue weighted by molar-refractivity contribution is 5.74. The zero-order chi connectivity index (χ0) is 8.10. The van der Waals surface area contributed by atoms with Crippen LogP contribution in [0.5, 0.6) is 0 Å². The molecular weight excluding hydrogens is 136 g/mol.